The molecule has 1 nitrogen and oxygen atoms in total. The Kier molecular flexibility index (Phi) is 4.29. The highest BCUT2D eigenvalue weighted by Crippen LogP contribution is 2.28. The van der Waals surface area contributed by atoms with Gasteiger partial charge < -0.3 is 5.11 Å². The molecule has 20 heavy (non-hydrogen) atoms. The van der Waals surface area contributed by atoms with E-state index < -0.39 is 0 Å². The Morgan fingerprint density at radius 1 is 0.950 bits per heavy atom. The molecular weight excluding hydrogens is 244 g/mol. The van der Waals surface area contributed by atoms with Crippen molar-refractivity contribution in [1.29, 1.82) is 0 Å². The Morgan fingerprint density at radius 2 is 1.65 bits per heavy atom. The van der Waals surface area contributed by atoms with Gasteiger partial charge in [-0.15, -0.1) is 0 Å². The normalized spacial score (nSPS) is 11.7. The zero-order chi connectivity index (χ0) is 14.8. The smallest absolute Gasteiger partial charge is 0.0682 e. The second-order valence-corrected chi connectivity index (χ2v) is 6.74. The molecule has 0 bridgehead atoms. The monoisotopic (exact) mass is 268 g/mol. The van der Waals surface area contributed by atoms with Crippen molar-refractivity contribution >= 4 is 0 Å². The fourth-order valence-corrected chi connectivity index (χ4v) is 2.46. The van der Waals surface area contributed by atoms with Gasteiger partial charge in [-0.1, -0.05) is 57.2 Å². The molecule has 0 atom stereocenters. The molecule has 106 valence electrons. The van der Waals surface area contributed by atoms with Crippen LogP contribution in [0.2, 0.25) is 0 Å². The fourth-order valence-electron chi connectivity index (χ4n) is 2.46. The van der Waals surface area contributed by atoms with E-state index in [0.29, 0.717) is 0 Å². The number of rotatable bonds is 3. The van der Waals surface area contributed by atoms with Gasteiger partial charge in [-0.2, -0.15) is 0 Å². The molecule has 0 saturated heterocycles. The lowest BCUT2D eigenvalue weighted by Crippen LogP contribution is -2.10. The van der Waals surface area contributed by atoms with Crippen LogP contribution in [-0.2, 0) is 13.0 Å². The molecule has 1 heteroatoms. The van der Waals surface area contributed by atoms with Gasteiger partial charge in [-0.25, -0.2) is 0 Å². The highest BCUT2D eigenvalue weighted by molar-refractivity contribution is 5.65. The van der Waals surface area contributed by atoms with Crippen molar-refractivity contribution in [3.05, 3.63) is 59.2 Å². The Hall–Kier alpha value is -1.60. The molecule has 0 aromatic heterocycles. The largest absolute Gasteiger partial charge is 0.392 e. The van der Waals surface area contributed by atoms with Gasteiger partial charge in [0.15, 0.2) is 0 Å². The number of aliphatic hydroxyl groups is 1. The lowest BCUT2D eigenvalue weighted by atomic mass is 9.85. The van der Waals surface area contributed by atoms with Crippen LogP contribution in [0.25, 0.3) is 11.1 Å². The van der Waals surface area contributed by atoms with Crippen LogP contribution in [0.5, 0.6) is 0 Å². The van der Waals surface area contributed by atoms with E-state index in [0.717, 1.165) is 12.0 Å². The first-order chi connectivity index (χ1) is 9.39. The van der Waals surface area contributed by atoms with Crippen molar-refractivity contribution in [2.45, 2.75) is 40.7 Å². The van der Waals surface area contributed by atoms with Crippen LogP contribution in [0.1, 0.15) is 37.5 Å². The highest BCUT2D eigenvalue weighted by Gasteiger charge is 2.13. The molecule has 2 rings (SSSR count). The van der Waals surface area contributed by atoms with Gasteiger partial charge >= 0.3 is 0 Å². The average Bonchev–Trinajstić information content (AvgIpc) is 2.40. The third-order valence-corrected chi connectivity index (χ3v) is 3.51. The van der Waals surface area contributed by atoms with Gasteiger partial charge in [0.1, 0.15) is 0 Å². The number of benzene rings is 2. The fraction of sp³-hybridized carbons (Fsp3) is 0.368. The van der Waals surface area contributed by atoms with E-state index in [1.165, 1.54) is 22.3 Å². The van der Waals surface area contributed by atoms with Crippen molar-refractivity contribution in [2.24, 2.45) is 5.41 Å². The molecule has 0 amide bonds. The summed E-state index contributed by atoms with van der Waals surface area (Å²) in [6, 6.07) is 14.8. The van der Waals surface area contributed by atoms with E-state index in [1.807, 2.05) is 12.1 Å². The zero-order valence-electron chi connectivity index (χ0n) is 12.9. The average molecular weight is 268 g/mol. The second kappa shape index (κ2) is 5.80. The summed E-state index contributed by atoms with van der Waals surface area (Å²) >= 11 is 0. The van der Waals surface area contributed by atoms with Crippen molar-refractivity contribution in [1.82, 2.24) is 0 Å². The Bertz CT molecular complexity index is 591. The van der Waals surface area contributed by atoms with Gasteiger partial charge in [0.25, 0.3) is 0 Å². The maximum Gasteiger partial charge on any atom is 0.0682 e. The standard InChI is InChI=1S/C19H24O/c1-14-8-9-17(11-18(14)12-19(2,3)4)16-7-5-6-15(10-16)13-20/h5-11,20H,12-13H2,1-4H3. The van der Waals surface area contributed by atoms with E-state index in [4.69, 9.17) is 0 Å². The predicted octanol–water partition coefficient (Wildman–Crippen LogP) is 4.74. The third-order valence-electron chi connectivity index (χ3n) is 3.51. The van der Waals surface area contributed by atoms with Gasteiger partial charge in [0, 0.05) is 0 Å². The summed E-state index contributed by atoms with van der Waals surface area (Å²) in [5, 5.41) is 9.26. The van der Waals surface area contributed by atoms with Crippen LogP contribution in [0.3, 0.4) is 0 Å². The second-order valence-electron chi connectivity index (χ2n) is 6.74. The van der Waals surface area contributed by atoms with E-state index in [1.54, 1.807) is 0 Å². The summed E-state index contributed by atoms with van der Waals surface area (Å²) in [5.41, 5.74) is 6.40. The number of hydrogen-bond acceptors (Lipinski definition) is 1. The lowest BCUT2D eigenvalue weighted by molar-refractivity contribution is 0.282. The van der Waals surface area contributed by atoms with Gasteiger partial charge in [0.05, 0.1) is 6.61 Å². The molecule has 0 heterocycles. The Labute approximate surface area is 122 Å². The van der Waals surface area contributed by atoms with Crippen LogP contribution < -0.4 is 0 Å². The van der Waals surface area contributed by atoms with Crippen LogP contribution in [-0.4, -0.2) is 5.11 Å². The molecule has 0 aliphatic rings. The topological polar surface area (TPSA) is 20.2 Å². The molecule has 0 radical (unpaired) electrons. The molecule has 1 N–H and O–H groups in total. The zero-order valence-corrected chi connectivity index (χ0v) is 12.9. The minimum Gasteiger partial charge on any atom is -0.392 e. The summed E-state index contributed by atoms with van der Waals surface area (Å²) in [6.45, 7) is 9.08. The molecular formula is C19H24O. The van der Waals surface area contributed by atoms with Crippen molar-refractivity contribution in [3.63, 3.8) is 0 Å². The molecule has 0 spiro atoms. The van der Waals surface area contributed by atoms with E-state index in [9.17, 15) is 5.11 Å². The molecule has 0 saturated carbocycles. The quantitative estimate of drug-likeness (QED) is 0.852. The van der Waals surface area contributed by atoms with E-state index >= 15 is 0 Å². The van der Waals surface area contributed by atoms with E-state index in [2.05, 4.69) is 58.0 Å². The van der Waals surface area contributed by atoms with Gasteiger partial charge in [0.2, 0.25) is 0 Å². The van der Waals surface area contributed by atoms with Gasteiger partial charge in [-0.3, -0.25) is 0 Å². The van der Waals surface area contributed by atoms with Crippen LogP contribution >= 0.6 is 0 Å². The maximum atomic E-state index is 9.26. The van der Waals surface area contributed by atoms with E-state index in [-0.39, 0.29) is 12.0 Å². The Balaban J connectivity index is 2.40. The molecule has 0 fully saturated rings. The van der Waals surface area contributed by atoms with Crippen LogP contribution in [0, 0.1) is 12.3 Å². The van der Waals surface area contributed by atoms with Gasteiger partial charge in [-0.05, 0) is 52.6 Å². The molecule has 0 aliphatic heterocycles. The van der Waals surface area contributed by atoms with Crippen molar-refractivity contribution in [2.75, 3.05) is 0 Å². The number of aliphatic hydroxyl groups excluding tert-OH is 1. The molecule has 0 unspecified atom stereocenters. The Morgan fingerprint density at radius 3 is 2.30 bits per heavy atom. The predicted molar refractivity (Wildman–Crippen MR) is 85.7 cm³/mol. The van der Waals surface area contributed by atoms with Crippen molar-refractivity contribution in [3.8, 4) is 11.1 Å². The minimum atomic E-state index is 0.0918. The first-order valence-corrected chi connectivity index (χ1v) is 7.19. The summed E-state index contributed by atoms with van der Waals surface area (Å²) in [4.78, 5) is 0. The summed E-state index contributed by atoms with van der Waals surface area (Å²) < 4.78 is 0. The molecule has 2 aromatic carbocycles. The lowest BCUT2D eigenvalue weighted by Gasteiger charge is -2.20. The summed E-state index contributed by atoms with van der Waals surface area (Å²) in [6.07, 6.45) is 1.08. The van der Waals surface area contributed by atoms with Crippen LogP contribution in [0.15, 0.2) is 42.5 Å². The first kappa shape index (κ1) is 14.8. The van der Waals surface area contributed by atoms with Crippen molar-refractivity contribution < 1.29 is 5.11 Å². The summed E-state index contributed by atoms with van der Waals surface area (Å²) in [5.74, 6) is 0. The first-order valence-electron chi connectivity index (χ1n) is 7.19. The highest BCUT2D eigenvalue weighted by atomic mass is 16.3. The maximum absolute atomic E-state index is 9.26. The third kappa shape index (κ3) is 3.71. The minimum absolute atomic E-state index is 0.0918. The number of aryl methyl sites for hydroxylation is 1. The number of hydrogen-bond donors (Lipinski definition) is 1. The SMILES string of the molecule is Cc1ccc(-c2cccc(CO)c2)cc1CC(C)(C)C. The molecule has 0 aliphatic carbocycles. The molecule has 2 aromatic rings. The summed E-state index contributed by atoms with van der Waals surface area (Å²) in [7, 11) is 0. The van der Waals surface area contributed by atoms with Crippen LogP contribution in [0.4, 0.5) is 0 Å².